The maximum absolute atomic E-state index is 11.0. The van der Waals surface area contributed by atoms with Gasteiger partial charge < -0.3 is 15.6 Å². The van der Waals surface area contributed by atoms with Gasteiger partial charge in [-0.05, 0) is 24.6 Å². The van der Waals surface area contributed by atoms with Crippen molar-refractivity contribution in [3.05, 3.63) is 24.0 Å². The molecule has 102 valence electrons. The lowest BCUT2D eigenvalue weighted by Gasteiger charge is -2.15. The summed E-state index contributed by atoms with van der Waals surface area (Å²) in [5.74, 6) is -0.379. The molecule has 1 heterocycles. The van der Waals surface area contributed by atoms with Gasteiger partial charge in [-0.1, -0.05) is 27.2 Å². The monoisotopic (exact) mass is 251 g/mol. The minimum Gasteiger partial charge on any atom is -0.369 e. The van der Waals surface area contributed by atoms with Crippen LogP contribution in [0.25, 0.3) is 0 Å². The van der Waals surface area contributed by atoms with E-state index in [2.05, 4.69) is 31.4 Å². The Morgan fingerprint density at radius 3 is 2.78 bits per heavy atom. The number of amides is 1. The fourth-order valence-corrected chi connectivity index (χ4v) is 2.11. The first-order valence-corrected chi connectivity index (χ1v) is 6.76. The van der Waals surface area contributed by atoms with Crippen molar-refractivity contribution in [3.63, 3.8) is 0 Å². The molecule has 1 amide bonds. The van der Waals surface area contributed by atoms with Crippen molar-refractivity contribution in [2.45, 2.75) is 46.2 Å². The van der Waals surface area contributed by atoms with E-state index >= 15 is 0 Å². The quantitative estimate of drug-likeness (QED) is 0.743. The van der Waals surface area contributed by atoms with Gasteiger partial charge in [-0.2, -0.15) is 0 Å². The van der Waals surface area contributed by atoms with E-state index in [4.69, 9.17) is 5.73 Å². The summed E-state index contributed by atoms with van der Waals surface area (Å²) >= 11 is 0. The third-order valence-electron chi connectivity index (χ3n) is 3.17. The topological polar surface area (TPSA) is 60.1 Å². The van der Waals surface area contributed by atoms with E-state index in [1.807, 2.05) is 17.7 Å². The molecule has 1 aromatic heterocycles. The Balaban J connectivity index is 2.68. The summed E-state index contributed by atoms with van der Waals surface area (Å²) in [7, 11) is 0. The van der Waals surface area contributed by atoms with Gasteiger partial charge in [0, 0.05) is 25.0 Å². The average molecular weight is 251 g/mol. The van der Waals surface area contributed by atoms with Gasteiger partial charge >= 0.3 is 0 Å². The molecule has 0 spiro atoms. The van der Waals surface area contributed by atoms with Crippen molar-refractivity contribution in [3.8, 4) is 0 Å². The number of carbonyl (C=O) groups excluding carboxylic acids is 1. The summed E-state index contributed by atoms with van der Waals surface area (Å²) in [6, 6.07) is 2.53. The van der Waals surface area contributed by atoms with Gasteiger partial charge in [-0.25, -0.2) is 0 Å². The van der Waals surface area contributed by atoms with Gasteiger partial charge in [0.15, 0.2) is 0 Å². The third kappa shape index (κ3) is 4.18. The van der Waals surface area contributed by atoms with Crippen LogP contribution in [0, 0.1) is 5.92 Å². The standard InChI is InChI=1S/C14H25N3O/c1-4-6-13(16-5-2)12-7-8-17(10-12)9-11(3)14(15)18/h7-8,10-11,13,16H,4-6,9H2,1-3H3,(H2,15,18). The molecule has 0 radical (unpaired) electrons. The highest BCUT2D eigenvalue weighted by Crippen LogP contribution is 2.19. The van der Waals surface area contributed by atoms with Crippen LogP contribution in [-0.2, 0) is 11.3 Å². The number of aromatic nitrogens is 1. The number of hydrogen-bond donors (Lipinski definition) is 2. The van der Waals surface area contributed by atoms with E-state index in [9.17, 15) is 4.79 Å². The van der Waals surface area contributed by atoms with E-state index in [0.717, 1.165) is 19.4 Å². The highest BCUT2D eigenvalue weighted by atomic mass is 16.1. The van der Waals surface area contributed by atoms with Gasteiger partial charge in [0.05, 0.1) is 5.92 Å². The third-order valence-corrected chi connectivity index (χ3v) is 3.17. The first-order chi connectivity index (χ1) is 8.58. The first kappa shape index (κ1) is 14.8. The Bertz CT molecular complexity index is 367. The molecule has 4 nitrogen and oxygen atoms in total. The molecule has 0 aliphatic carbocycles. The second-order valence-electron chi connectivity index (χ2n) is 4.84. The van der Waals surface area contributed by atoms with Gasteiger partial charge in [0.2, 0.25) is 5.91 Å². The number of nitrogens with zero attached hydrogens (tertiary/aromatic N) is 1. The molecule has 0 aliphatic heterocycles. The minimum atomic E-state index is -0.248. The van der Waals surface area contributed by atoms with Crippen LogP contribution >= 0.6 is 0 Å². The molecule has 0 aromatic carbocycles. The first-order valence-electron chi connectivity index (χ1n) is 6.76. The van der Waals surface area contributed by atoms with Crippen molar-refractivity contribution < 1.29 is 4.79 Å². The predicted octanol–water partition coefficient (Wildman–Crippen LogP) is 2.06. The lowest BCUT2D eigenvalue weighted by molar-refractivity contribution is -0.121. The SMILES string of the molecule is CCCC(NCC)c1ccn(CC(C)C(N)=O)c1. The molecule has 0 saturated carbocycles. The minimum absolute atomic E-state index is 0.131. The van der Waals surface area contributed by atoms with Crippen LogP contribution in [0.4, 0.5) is 0 Å². The Hall–Kier alpha value is -1.29. The van der Waals surface area contributed by atoms with Crippen molar-refractivity contribution in [2.24, 2.45) is 11.7 Å². The van der Waals surface area contributed by atoms with Crippen LogP contribution in [0.1, 0.15) is 45.2 Å². The molecule has 18 heavy (non-hydrogen) atoms. The van der Waals surface area contributed by atoms with Crippen molar-refractivity contribution in [1.29, 1.82) is 0 Å². The highest BCUT2D eigenvalue weighted by molar-refractivity contribution is 5.76. The van der Waals surface area contributed by atoms with Crippen LogP contribution in [-0.4, -0.2) is 17.0 Å². The maximum Gasteiger partial charge on any atom is 0.222 e. The summed E-state index contributed by atoms with van der Waals surface area (Å²) < 4.78 is 2.05. The Morgan fingerprint density at radius 2 is 2.22 bits per heavy atom. The Morgan fingerprint density at radius 1 is 1.50 bits per heavy atom. The van der Waals surface area contributed by atoms with Crippen LogP contribution in [0.3, 0.4) is 0 Å². The van der Waals surface area contributed by atoms with E-state index in [1.165, 1.54) is 5.56 Å². The predicted molar refractivity (Wildman–Crippen MR) is 74.1 cm³/mol. The van der Waals surface area contributed by atoms with Gasteiger partial charge in [-0.3, -0.25) is 4.79 Å². The van der Waals surface area contributed by atoms with E-state index in [-0.39, 0.29) is 11.8 Å². The van der Waals surface area contributed by atoms with E-state index < -0.39 is 0 Å². The van der Waals surface area contributed by atoms with E-state index in [1.54, 1.807) is 0 Å². The normalized spacial score (nSPS) is 14.4. The summed E-state index contributed by atoms with van der Waals surface area (Å²) in [5.41, 5.74) is 6.57. The number of rotatable bonds is 8. The van der Waals surface area contributed by atoms with Crippen LogP contribution < -0.4 is 11.1 Å². The molecule has 0 bridgehead atoms. The molecule has 0 fully saturated rings. The zero-order chi connectivity index (χ0) is 13.5. The van der Waals surface area contributed by atoms with Gasteiger partial charge in [0.1, 0.15) is 0 Å². The zero-order valence-electron chi connectivity index (χ0n) is 11.6. The fourth-order valence-electron chi connectivity index (χ4n) is 2.11. The lowest BCUT2D eigenvalue weighted by atomic mass is 10.1. The zero-order valence-corrected chi connectivity index (χ0v) is 11.6. The molecule has 0 aliphatic rings. The molecule has 1 rings (SSSR count). The summed E-state index contributed by atoms with van der Waals surface area (Å²) in [6.07, 6.45) is 6.42. The molecular weight excluding hydrogens is 226 g/mol. The molecule has 2 unspecified atom stereocenters. The molecule has 2 atom stereocenters. The largest absolute Gasteiger partial charge is 0.369 e. The highest BCUT2D eigenvalue weighted by Gasteiger charge is 2.13. The molecule has 3 N–H and O–H groups in total. The van der Waals surface area contributed by atoms with Crippen molar-refractivity contribution in [1.82, 2.24) is 9.88 Å². The smallest absolute Gasteiger partial charge is 0.222 e. The van der Waals surface area contributed by atoms with Gasteiger partial charge in [-0.15, -0.1) is 0 Å². The Labute approximate surface area is 110 Å². The molecular formula is C14H25N3O. The Kier molecular flexibility index (Phi) is 5.92. The summed E-state index contributed by atoms with van der Waals surface area (Å²) in [6.45, 7) is 7.79. The van der Waals surface area contributed by atoms with Crippen molar-refractivity contribution in [2.75, 3.05) is 6.54 Å². The number of nitrogens with two attached hydrogens (primary N) is 1. The van der Waals surface area contributed by atoms with E-state index in [0.29, 0.717) is 12.6 Å². The second kappa shape index (κ2) is 7.21. The van der Waals surface area contributed by atoms with Crippen molar-refractivity contribution >= 4 is 5.91 Å². The summed E-state index contributed by atoms with van der Waals surface area (Å²) in [4.78, 5) is 11.0. The van der Waals surface area contributed by atoms with Crippen LogP contribution in [0.15, 0.2) is 18.5 Å². The lowest BCUT2D eigenvalue weighted by Crippen LogP contribution is -2.24. The van der Waals surface area contributed by atoms with Gasteiger partial charge in [0.25, 0.3) is 0 Å². The average Bonchev–Trinajstić information content (AvgIpc) is 2.77. The number of nitrogens with one attached hydrogen (secondary N) is 1. The number of carbonyl (C=O) groups is 1. The van der Waals surface area contributed by atoms with Crippen LogP contribution in [0.2, 0.25) is 0 Å². The maximum atomic E-state index is 11.0. The molecule has 4 heteroatoms. The number of primary amides is 1. The number of hydrogen-bond acceptors (Lipinski definition) is 2. The molecule has 0 saturated heterocycles. The fraction of sp³-hybridized carbons (Fsp3) is 0.643. The summed E-state index contributed by atoms with van der Waals surface area (Å²) in [5, 5.41) is 3.48. The second-order valence-corrected chi connectivity index (χ2v) is 4.84. The molecule has 1 aromatic rings. The van der Waals surface area contributed by atoms with Crippen LogP contribution in [0.5, 0.6) is 0 Å².